The van der Waals surface area contributed by atoms with Crippen molar-refractivity contribution in [1.29, 1.82) is 0 Å². The highest BCUT2D eigenvalue weighted by Gasteiger charge is 2.46. The van der Waals surface area contributed by atoms with Gasteiger partial charge in [-0.25, -0.2) is 23.6 Å². The van der Waals surface area contributed by atoms with Crippen LogP contribution < -0.4 is 15.5 Å². The zero-order chi connectivity index (χ0) is 22.7. The number of hydrazine groups is 1. The number of hydrogen-bond acceptors (Lipinski definition) is 7. The number of fused-ring (bicyclic) bond motifs is 1. The van der Waals surface area contributed by atoms with Crippen molar-refractivity contribution in [3.05, 3.63) is 52.9 Å². The summed E-state index contributed by atoms with van der Waals surface area (Å²) in [5.74, 6) is 0.518. The standard InChI is InChI=1S/C22H22F3N5O3/c23-13-1-2-16-12(7-13)9-29-15(18(24)25)11-33-17-10-30-19(27-20(17)29)14(8-26-30)21(31)28-22(3-4-22)5-6-32-16/h1-2,7,10,15,18,26H,3-6,8-9,11H2,(H,28,31). The Bertz CT molecular complexity index is 1110. The molecule has 1 spiro atoms. The van der Waals surface area contributed by atoms with E-state index < -0.39 is 18.3 Å². The van der Waals surface area contributed by atoms with E-state index in [-0.39, 0.29) is 37.0 Å². The van der Waals surface area contributed by atoms with Crippen molar-refractivity contribution in [2.24, 2.45) is 4.99 Å². The first-order valence-corrected chi connectivity index (χ1v) is 10.9. The minimum Gasteiger partial charge on any atom is -0.493 e. The van der Waals surface area contributed by atoms with Crippen molar-refractivity contribution >= 4 is 11.7 Å². The lowest BCUT2D eigenvalue weighted by Gasteiger charge is -2.41. The third-order valence-electron chi connectivity index (χ3n) is 6.68. The highest BCUT2D eigenvalue weighted by atomic mass is 19.3. The fraction of sp³-hybridized carbons (Fsp3) is 0.455. The minimum absolute atomic E-state index is 0.0466. The Hall–Kier alpha value is -3.21. The highest BCUT2D eigenvalue weighted by Crippen LogP contribution is 2.40. The predicted molar refractivity (Wildman–Crippen MR) is 110 cm³/mol. The van der Waals surface area contributed by atoms with Crippen LogP contribution in [0.5, 0.6) is 5.75 Å². The number of hydrogen-bond donors (Lipinski definition) is 2. The maximum atomic E-state index is 14.1. The molecule has 4 aliphatic heterocycles. The number of benzene rings is 1. The lowest BCUT2D eigenvalue weighted by Crippen LogP contribution is -2.53. The van der Waals surface area contributed by atoms with E-state index in [2.05, 4.69) is 15.7 Å². The Labute approximate surface area is 187 Å². The molecule has 1 unspecified atom stereocenters. The van der Waals surface area contributed by atoms with Gasteiger partial charge in [0.05, 0.1) is 18.4 Å². The second-order valence-electron chi connectivity index (χ2n) is 8.86. The number of halogens is 3. The minimum atomic E-state index is -2.72. The summed E-state index contributed by atoms with van der Waals surface area (Å²) in [5, 5.41) is 4.68. The molecular formula is C22H22F3N5O3. The molecule has 1 saturated heterocycles. The molecule has 1 saturated carbocycles. The van der Waals surface area contributed by atoms with Gasteiger partial charge in [-0.15, -0.1) is 0 Å². The van der Waals surface area contributed by atoms with Crippen molar-refractivity contribution < 1.29 is 27.4 Å². The Kier molecular flexibility index (Phi) is 4.58. The molecule has 1 aromatic carbocycles. The van der Waals surface area contributed by atoms with Gasteiger partial charge in [0.25, 0.3) is 12.3 Å². The zero-order valence-electron chi connectivity index (χ0n) is 17.6. The van der Waals surface area contributed by atoms with Crippen molar-refractivity contribution in [2.75, 3.05) is 19.8 Å². The number of carbonyl (C=O) groups is 1. The molecule has 2 N–H and O–H groups in total. The summed E-state index contributed by atoms with van der Waals surface area (Å²) < 4.78 is 53.7. The molecule has 1 amide bonds. The molecule has 0 aromatic heterocycles. The van der Waals surface area contributed by atoms with Crippen LogP contribution in [0.15, 0.2) is 46.5 Å². The number of aliphatic imine (C=N–C) groups is 1. The number of ether oxygens (including phenoxy) is 2. The largest absolute Gasteiger partial charge is 0.493 e. The third kappa shape index (κ3) is 3.50. The molecule has 1 atom stereocenters. The van der Waals surface area contributed by atoms with Crippen molar-refractivity contribution in [3.8, 4) is 5.75 Å². The van der Waals surface area contributed by atoms with Gasteiger partial charge in [-0.2, -0.15) is 0 Å². The fourth-order valence-electron chi connectivity index (χ4n) is 4.59. The number of alkyl halides is 2. The smallest absolute Gasteiger partial charge is 0.261 e. The monoisotopic (exact) mass is 461 g/mol. The lowest BCUT2D eigenvalue weighted by atomic mass is 10.1. The van der Waals surface area contributed by atoms with E-state index in [4.69, 9.17) is 9.47 Å². The van der Waals surface area contributed by atoms with Crippen LogP contribution >= 0.6 is 0 Å². The Morgan fingerprint density at radius 3 is 2.85 bits per heavy atom. The highest BCUT2D eigenvalue weighted by molar-refractivity contribution is 6.01. The summed E-state index contributed by atoms with van der Waals surface area (Å²) >= 11 is 0. The van der Waals surface area contributed by atoms with E-state index >= 15 is 0 Å². The van der Waals surface area contributed by atoms with E-state index in [0.29, 0.717) is 41.5 Å². The molecule has 5 aliphatic rings. The van der Waals surface area contributed by atoms with Gasteiger partial charge in [-0.3, -0.25) is 9.80 Å². The molecule has 0 radical (unpaired) electrons. The number of amides is 1. The molecule has 33 heavy (non-hydrogen) atoms. The number of rotatable bonds is 1. The molecule has 4 heterocycles. The van der Waals surface area contributed by atoms with Crippen LogP contribution in [0.3, 0.4) is 0 Å². The topological polar surface area (TPSA) is 78.4 Å². The molecule has 11 heteroatoms. The summed E-state index contributed by atoms with van der Waals surface area (Å²) in [6.45, 7) is 0.259. The van der Waals surface area contributed by atoms with Gasteiger partial charge in [-0.1, -0.05) is 0 Å². The van der Waals surface area contributed by atoms with Gasteiger partial charge in [-0.05, 0) is 31.0 Å². The molecule has 1 aliphatic carbocycles. The van der Waals surface area contributed by atoms with E-state index in [9.17, 15) is 18.0 Å². The van der Waals surface area contributed by atoms with E-state index in [1.54, 1.807) is 11.2 Å². The number of amidine groups is 1. The van der Waals surface area contributed by atoms with Crippen LogP contribution in [0.2, 0.25) is 0 Å². The number of nitrogens with one attached hydrogen (secondary N) is 2. The maximum Gasteiger partial charge on any atom is 0.261 e. The first kappa shape index (κ1) is 20.4. The predicted octanol–water partition coefficient (Wildman–Crippen LogP) is 2.01. The average molecular weight is 461 g/mol. The van der Waals surface area contributed by atoms with E-state index in [0.717, 1.165) is 12.8 Å². The quantitative estimate of drug-likeness (QED) is 0.667. The SMILES string of the molecule is O=C1NC2(CCOc3ccc(F)cc3CN3C4=NC5=C1CNN5C=C4OCC3C(F)F)CC2. The van der Waals surface area contributed by atoms with Crippen LogP contribution in [0.25, 0.3) is 0 Å². The molecule has 1 aromatic rings. The average Bonchev–Trinajstić information content (AvgIpc) is 3.40. The number of carbonyl (C=O) groups excluding carboxylic acids is 1. The Morgan fingerprint density at radius 2 is 2.06 bits per heavy atom. The fourth-order valence-corrected chi connectivity index (χ4v) is 4.59. The van der Waals surface area contributed by atoms with Crippen LogP contribution in [0.4, 0.5) is 13.2 Å². The van der Waals surface area contributed by atoms with Gasteiger partial charge in [0, 0.05) is 30.6 Å². The Morgan fingerprint density at radius 1 is 1.21 bits per heavy atom. The van der Waals surface area contributed by atoms with Crippen molar-refractivity contribution in [2.45, 2.75) is 43.8 Å². The molecule has 2 bridgehead atoms. The van der Waals surface area contributed by atoms with Gasteiger partial charge < -0.3 is 19.7 Å². The molecule has 174 valence electrons. The van der Waals surface area contributed by atoms with Crippen LogP contribution in [0.1, 0.15) is 24.8 Å². The van der Waals surface area contributed by atoms with Gasteiger partial charge in [0.1, 0.15) is 24.2 Å². The molecule has 8 nitrogen and oxygen atoms in total. The first-order chi connectivity index (χ1) is 15.9. The first-order valence-electron chi connectivity index (χ1n) is 10.9. The number of morpholine rings is 1. The summed E-state index contributed by atoms with van der Waals surface area (Å²) in [6, 6.07) is 2.80. The van der Waals surface area contributed by atoms with Crippen LogP contribution in [-0.2, 0) is 16.1 Å². The lowest BCUT2D eigenvalue weighted by molar-refractivity contribution is -0.118. The van der Waals surface area contributed by atoms with Crippen molar-refractivity contribution in [3.63, 3.8) is 0 Å². The summed E-state index contributed by atoms with van der Waals surface area (Å²) in [6.07, 6.45) is 1.15. The number of nitrogens with zero attached hydrogens (tertiary/aromatic N) is 3. The summed E-state index contributed by atoms with van der Waals surface area (Å²) in [5.41, 5.74) is 3.59. The van der Waals surface area contributed by atoms with Crippen molar-refractivity contribution in [1.82, 2.24) is 20.7 Å². The Balaban J connectivity index is 1.48. The van der Waals surface area contributed by atoms with Gasteiger partial charge in [0.15, 0.2) is 17.4 Å². The van der Waals surface area contributed by atoms with Gasteiger partial charge in [0.2, 0.25) is 0 Å². The second kappa shape index (κ2) is 7.41. The normalized spacial score (nSPS) is 25.6. The maximum absolute atomic E-state index is 14.1. The van der Waals surface area contributed by atoms with Crippen LogP contribution in [-0.4, -0.2) is 59.4 Å². The third-order valence-corrected chi connectivity index (χ3v) is 6.68. The van der Waals surface area contributed by atoms with E-state index in [1.165, 1.54) is 23.1 Å². The zero-order valence-corrected chi connectivity index (χ0v) is 17.6. The van der Waals surface area contributed by atoms with Crippen LogP contribution in [0, 0.1) is 5.82 Å². The summed E-state index contributed by atoms with van der Waals surface area (Å²) in [4.78, 5) is 19.1. The second-order valence-corrected chi connectivity index (χ2v) is 8.86. The van der Waals surface area contributed by atoms with Gasteiger partial charge >= 0.3 is 0 Å². The van der Waals surface area contributed by atoms with E-state index in [1.807, 2.05) is 0 Å². The molecule has 2 fully saturated rings. The molecule has 6 rings (SSSR count). The summed E-state index contributed by atoms with van der Waals surface area (Å²) in [7, 11) is 0. The molecular weight excluding hydrogens is 439 g/mol.